The van der Waals surface area contributed by atoms with Crippen molar-refractivity contribution in [3.8, 4) is 11.5 Å². The number of nitrogen functional groups attached to an aromatic ring is 1. The van der Waals surface area contributed by atoms with Gasteiger partial charge in [-0.1, -0.05) is 0 Å². The molecular formula is C13H17N3O2S. The number of methoxy groups -OCH3 is 2. The zero-order chi connectivity index (χ0) is 13.8. The normalized spacial score (nSPS) is 10.3. The van der Waals surface area contributed by atoms with E-state index in [0.717, 1.165) is 16.4 Å². The molecule has 0 atom stereocenters. The van der Waals surface area contributed by atoms with E-state index < -0.39 is 0 Å². The van der Waals surface area contributed by atoms with Crippen LogP contribution in [-0.4, -0.2) is 19.2 Å². The summed E-state index contributed by atoms with van der Waals surface area (Å²) in [6, 6.07) is 3.57. The van der Waals surface area contributed by atoms with Crippen molar-refractivity contribution in [3.05, 3.63) is 28.2 Å². The molecule has 6 heteroatoms. The zero-order valence-electron chi connectivity index (χ0n) is 11.2. The van der Waals surface area contributed by atoms with E-state index in [1.165, 1.54) is 0 Å². The molecule has 0 spiro atoms. The monoisotopic (exact) mass is 279 g/mol. The highest BCUT2D eigenvalue weighted by Gasteiger charge is 2.09. The number of hydrogen-bond acceptors (Lipinski definition) is 6. The minimum atomic E-state index is 0.615. The Balaban J connectivity index is 2.15. The van der Waals surface area contributed by atoms with Crippen molar-refractivity contribution in [2.24, 2.45) is 0 Å². The molecule has 0 bridgehead atoms. The van der Waals surface area contributed by atoms with E-state index >= 15 is 0 Å². The first-order valence-electron chi connectivity index (χ1n) is 5.80. The molecule has 0 fully saturated rings. The minimum Gasteiger partial charge on any atom is -0.493 e. The molecule has 2 rings (SSSR count). The van der Waals surface area contributed by atoms with Gasteiger partial charge in [0.1, 0.15) is 0 Å². The van der Waals surface area contributed by atoms with E-state index in [1.54, 1.807) is 31.6 Å². The van der Waals surface area contributed by atoms with Crippen molar-refractivity contribution in [2.75, 3.05) is 25.3 Å². The van der Waals surface area contributed by atoms with Crippen LogP contribution in [-0.2, 0) is 6.54 Å². The van der Waals surface area contributed by atoms with Gasteiger partial charge in [-0.05, 0) is 6.92 Å². The van der Waals surface area contributed by atoms with Crippen LogP contribution in [0.1, 0.15) is 10.7 Å². The third-order valence-corrected chi connectivity index (χ3v) is 3.50. The van der Waals surface area contributed by atoms with E-state index in [-0.39, 0.29) is 0 Å². The number of ether oxygens (including phenoxy) is 2. The molecular weight excluding hydrogens is 262 g/mol. The Kier molecular flexibility index (Phi) is 4.11. The van der Waals surface area contributed by atoms with Crippen molar-refractivity contribution >= 4 is 22.7 Å². The van der Waals surface area contributed by atoms with Gasteiger partial charge in [0.05, 0.1) is 42.8 Å². The zero-order valence-corrected chi connectivity index (χ0v) is 12.0. The van der Waals surface area contributed by atoms with Crippen molar-refractivity contribution in [1.29, 1.82) is 0 Å². The molecule has 19 heavy (non-hydrogen) atoms. The van der Waals surface area contributed by atoms with Crippen LogP contribution in [0.4, 0.5) is 11.4 Å². The Bertz CT molecular complexity index is 569. The SMILES string of the molecule is COc1cc(N)c(NCc2csc(C)n2)cc1OC. The van der Waals surface area contributed by atoms with Crippen molar-refractivity contribution in [1.82, 2.24) is 4.98 Å². The smallest absolute Gasteiger partial charge is 0.162 e. The molecule has 0 unspecified atom stereocenters. The highest BCUT2D eigenvalue weighted by Crippen LogP contribution is 2.34. The standard InChI is InChI=1S/C13H17N3O2S/c1-8-16-9(7-19-8)6-15-11-5-13(18-3)12(17-2)4-10(11)14/h4-5,7,15H,6,14H2,1-3H3. The van der Waals surface area contributed by atoms with Gasteiger partial charge in [-0.25, -0.2) is 4.98 Å². The van der Waals surface area contributed by atoms with Crippen LogP contribution in [0.2, 0.25) is 0 Å². The number of rotatable bonds is 5. The average molecular weight is 279 g/mol. The van der Waals surface area contributed by atoms with Gasteiger partial charge in [-0.2, -0.15) is 0 Å². The Hall–Kier alpha value is -1.95. The third-order valence-electron chi connectivity index (χ3n) is 2.68. The second-order valence-corrected chi connectivity index (χ2v) is 5.07. The van der Waals surface area contributed by atoms with Crippen LogP contribution < -0.4 is 20.5 Å². The highest BCUT2D eigenvalue weighted by molar-refractivity contribution is 7.09. The quantitative estimate of drug-likeness (QED) is 0.823. The predicted octanol–water partition coefficient (Wildman–Crippen LogP) is 2.66. The van der Waals surface area contributed by atoms with E-state index in [4.69, 9.17) is 15.2 Å². The number of nitrogens with two attached hydrogens (primary N) is 1. The molecule has 1 heterocycles. The molecule has 0 amide bonds. The molecule has 5 nitrogen and oxygen atoms in total. The number of nitrogens with one attached hydrogen (secondary N) is 1. The maximum Gasteiger partial charge on any atom is 0.162 e. The summed E-state index contributed by atoms with van der Waals surface area (Å²) >= 11 is 1.63. The molecule has 1 aromatic carbocycles. The summed E-state index contributed by atoms with van der Waals surface area (Å²) < 4.78 is 10.4. The van der Waals surface area contributed by atoms with E-state index in [2.05, 4.69) is 10.3 Å². The predicted molar refractivity (Wildman–Crippen MR) is 78.1 cm³/mol. The highest BCUT2D eigenvalue weighted by atomic mass is 32.1. The van der Waals surface area contributed by atoms with Gasteiger partial charge in [0.2, 0.25) is 0 Å². The number of anilines is 2. The summed E-state index contributed by atoms with van der Waals surface area (Å²) in [5, 5.41) is 6.33. The Labute approximate surface area is 116 Å². The van der Waals surface area contributed by atoms with E-state index in [0.29, 0.717) is 23.7 Å². The summed E-state index contributed by atoms with van der Waals surface area (Å²) in [5.41, 5.74) is 8.39. The molecule has 1 aromatic heterocycles. The molecule has 0 saturated carbocycles. The molecule has 2 aromatic rings. The molecule has 0 radical (unpaired) electrons. The van der Waals surface area contributed by atoms with Crippen LogP contribution >= 0.6 is 11.3 Å². The number of aromatic nitrogens is 1. The van der Waals surface area contributed by atoms with Gasteiger partial charge < -0.3 is 20.5 Å². The van der Waals surface area contributed by atoms with Gasteiger partial charge >= 0.3 is 0 Å². The van der Waals surface area contributed by atoms with Crippen LogP contribution in [0, 0.1) is 6.92 Å². The van der Waals surface area contributed by atoms with Crippen molar-refractivity contribution in [3.63, 3.8) is 0 Å². The van der Waals surface area contributed by atoms with Crippen molar-refractivity contribution in [2.45, 2.75) is 13.5 Å². The fourth-order valence-electron chi connectivity index (χ4n) is 1.72. The van der Waals surface area contributed by atoms with Gasteiger partial charge in [0, 0.05) is 17.5 Å². The number of benzene rings is 1. The van der Waals surface area contributed by atoms with Crippen LogP contribution in [0.3, 0.4) is 0 Å². The van der Waals surface area contributed by atoms with Gasteiger partial charge in [-0.15, -0.1) is 11.3 Å². The van der Waals surface area contributed by atoms with Crippen molar-refractivity contribution < 1.29 is 9.47 Å². The largest absolute Gasteiger partial charge is 0.493 e. The lowest BCUT2D eigenvalue weighted by Crippen LogP contribution is -2.04. The average Bonchev–Trinajstić information content (AvgIpc) is 2.82. The Morgan fingerprint density at radius 3 is 2.53 bits per heavy atom. The fraction of sp³-hybridized carbons (Fsp3) is 0.308. The first-order valence-corrected chi connectivity index (χ1v) is 6.68. The van der Waals surface area contributed by atoms with E-state index in [1.807, 2.05) is 18.4 Å². The topological polar surface area (TPSA) is 69.4 Å². The number of hydrogen-bond donors (Lipinski definition) is 2. The van der Waals surface area contributed by atoms with Crippen LogP contribution in [0.25, 0.3) is 0 Å². The summed E-state index contributed by atoms with van der Waals surface area (Å²) in [6.07, 6.45) is 0. The minimum absolute atomic E-state index is 0.615. The van der Waals surface area contributed by atoms with Gasteiger partial charge in [0.25, 0.3) is 0 Å². The maximum absolute atomic E-state index is 5.97. The molecule has 3 N–H and O–H groups in total. The maximum atomic E-state index is 5.97. The lowest BCUT2D eigenvalue weighted by atomic mass is 10.2. The van der Waals surface area contributed by atoms with Gasteiger partial charge in [-0.3, -0.25) is 0 Å². The summed E-state index contributed by atoms with van der Waals surface area (Å²) in [5.74, 6) is 1.27. The number of thiazole rings is 1. The number of aryl methyl sites for hydroxylation is 1. The lowest BCUT2D eigenvalue weighted by molar-refractivity contribution is 0.355. The van der Waals surface area contributed by atoms with E-state index in [9.17, 15) is 0 Å². The second-order valence-electron chi connectivity index (χ2n) is 4.01. The Morgan fingerprint density at radius 2 is 1.95 bits per heavy atom. The first-order chi connectivity index (χ1) is 9.13. The molecule has 0 aliphatic rings. The fourth-order valence-corrected chi connectivity index (χ4v) is 2.34. The van der Waals surface area contributed by atoms with Gasteiger partial charge in [0.15, 0.2) is 11.5 Å². The molecule has 0 aliphatic carbocycles. The molecule has 0 saturated heterocycles. The van der Waals surface area contributed by atoms with Crippen LogP contribution in [0.15, 0.2) is 17.5 Å². The number of nitrogens with zero attached hydrogens (tertiary/aromatic N) is 1. The second kappa shape index (κ2) is 5.79. The summed E-state index contributed by atoms with van der Waals surface area (Å²) in [6.45, 7) is 2.61. The molecule has 0 aliphatic heterocycles. The third kappa shape index (κ3) is 3.08. The van der Waals surface area contributed by atoms with Crippen LogP contribution in [0.5, 0.6) is 11.5 Å². The Morgan fingerprint density at radius 1 is 1.26 bits per heavy atom. The molecule has 102 valence electrons. The summed E-state index contributed by atoms with van der Waals surface area (Å²) in [7, 11) is 3.18. The first kappa shape index (κ1) is 13.5. The summed E-state index contributed by atoms with van der Waals surface area (Å²) in [4.78, 5) is 4.39. The lowest BCUT2D eigenvalue weighted by Gasteiger charge is -2.13.